The Morgan fingerprint density at radius 1 is 1.33 bits per heavy atom. The zero-order valence-electron chi connectivity index (χ0n) is 8.62. The summed E-state index contributed by atoms with van der Waals surface area (Å²) in [5.74, 6) is -0.573. The molecule has 1 aromatic rings. The van der Waals surface area contributed by atoms with Gasteiger partial charge in [-0.25, -0.2) is 0 Å². The van der Waals surface area contributed by atoms with Gasteiger partial charge in [0.15, 0.2) is 5.75 Å². The van der Waals surface area contributed by atoms with Gasteiger partial charge in [-0.15, -0.1) is 0 Å². The molecule has 0 aliphatic carbocycles. The predicted molar refractivity (Wildman–Crippen MR) is 59.7 cm³/mol. The molecule has 0 heterocycles. The van der Waals surface area contributed by atoms with Crippen molar-refractivity contribution < 1.29 is 26.7 Å². The molecule has 1 aromatic carbocycles. The highest BCUT2D eigenvalue weighted by molar-refractivity contribution is 7.90. The van der Waals surface area contributed by atoms with E-state index < -0.39 is 28.7 Å². The molecular formula is C8H8ClF3N2O3S. The van der Waals surface area contributed by atoms with Gasteiger partial charge in [0, 0.05) is 0 Å². The Morgan fingerprint density at radius 2 is 1.94 bits per heavy atom. The Morgan fingerprint density at radius 3 is 2.50 bits per heavy atom. The first-order valence-corrected chi connectivity index (χ1v) is 6.28. The SMILES string of the molecule is O=S(=O)(NCC(F)(F)F)Nc1cccc(Cl)c1O. The number of hydrogen-bond acceptors (Lipinski definition) is 3. The lowest BCUT2D eigenvalue weighted by Crippen LogP contribution is -2.37. The van der Waals surface area contributed by atoms with Gasteiger partial charge >= 0.3 is 6.18 Å². The van der Waals surface area contributed by atoms with Crippen molar-refractivity contribution in [2.45, 2.75) is 6.18 Å². The normalized spacial score (nSPS) is 12.4. The fourth-order valence-corrected chi connectivity index (χ4v) is 2.01. The summed E-state index contributed by atoms with van der Waals surface area (Å²) in [6.45, 7) is -1.72. The van der Waals surface area contributed by atoms with E-state index in [9.17, 15) is 26.7 Å². The quantitative estimate of drug-likeness (QED) is 0.743. The Balaban J connectivity index is 2.80. The van der Waals surface area contributed by atoms with Crippen LogP contribution in [0.3, 0.4) is 0 Å². The van der Waals surface area contributed by atoms with Gasteiger partial charge in [0.25, 0.3) is 10.2 Å². The van der Waals surface area contributed by atoms with Gasteiger partial charge in [0.2, 0.25) is 0 Å². The number of anilines is 1. The summed E-state index contributed by atoms with van der Waals surface area (Å²) < 4.78 is 61.0. The van der Waals surface area contributed by atoms with Crippen LogP contribution in [0.1, 0.15) is 0 Å². The van der Waals surface area contributed by atoms with Gasteiger partial charge in [-0.05, 0) is 12.1 Å². The first-order valence-electron chi connectivity index (χ1n) is 4.42. The minimum atomic E-state index is -4.68. The van der Waals surface area contributed by atoms with Crippen molar-refractivity contribution in [1.82, 2.24) is 4.72 Å². The third-order valence-electron chi connectivity index (χ3n) is 1.69. The molecule has 18 heavy (non-hydrogen) atoms. The van der Waals surface area contributed by atoms with Crippen LogP contribution in [0.15, 0.2) is 18.2 Å². The molecule has 5 nitrogen and oxygen atoms in total. The number of rotatable bonds is 4. The number of halogens is 4. The molecule has 0 radical (unpaired) electrons. The number of hydrogen-bond donors (Lipinski definition) is 3. The third-order valence-corrected chi connectivity index (χ3v) is 3.01. The summed E-state index contributed by atoms with van der Waals surface area (Å²) in [7, 11) is -4.45. The van der Waals surface area contributed by atoms with Gasteiger partial charge in [-0.3, -0.25) is 4.72 Å². The van der Waals surface area contributed by atoms with Crippen molar-refractivity contribution in [3.05, 3.63) is 23.2 Å². The van der Waals surface area contributed by atoms with E-state index in [-0.39, 0.29) is 10.7 Å². The fraction of sp³-hybridized carbons (Fsp3) is 0.250. The molecular weight excluding hydrogens is 297 g/mol. The largest absolute Gasteiger partial charge is 0.504 e. The number of phenols is 1. The smallest absolute Gasteiger partial charge is 0.402 e. The summed E-state index contributed by atoms with van der Waals surface area (Å²) in [5.41, 5.74) is -0.322. The lowest BCUT2D eigenvalue weighted by atomic mass is 10.3. The van der Waals surface area contributed by atoms with Gasteiger partial charge < -0.3 is 5.11 Å². The van der Waals surface area contributed by atoms with Crippen LogP contribution in [0.4, 0.5) is 18.9 Å². The van der Waals surface area contributed by atoms with Crippen LogP contribution in [-0.4, -0.2) is 26.2 Å². The van der Waals surface area contributed by atoms with Crippen molar-refractivity contribution in [3.63, 3.8) is 0 Å². The fourth-order valence-electron chi connectivity index (χ4n) is 0.955. The lowest BCUT2D eigenvalue weighted by molar-refractivity contribution is -0.121. The molecule has 0 aliphatic rings. The molecule has 0 bridgehead atoms. The van der Waals surface area contributed by atoms with Gasteiger partial charge in [-0.1, -0.05) is 17.7 Å². The first kappa shape index (κ1) is 14.9. The number of nitrogens with one attached hydrogen (secondary N) is 2. The Labute approximate surface area is 106 Å². The minimum absolute atomic E-state index is 0.133. The second-order valence-corrected chi connectivity index (χ2v) is 5.08. The van der Waals surface area contributed by atoms with Gasteiger partial charge in [0.1, 0.15) is 6.54 Å². The first-order chi connectivity index (χ1) is 8.11. The molecule has 0 amide bonds. The number of benzene rings is 1. The molecule has 0 saturated heterocycles. The molecule has 102 valence electrons. The molecule has 0 aliphatic heterocycles. The van der Waals surface area contributed by atoms with Crippen LogP contribution in [0.2, 0.25) is 5.02 Å². The molecule has 0 aromatic heterocycles. The van der Waals surface area contributed by atoms with Crippen molar-refractivity contribution in [1.29, 1.82) is 0 Å². The second kappa shape index (κ2) is 5.21. The zero-order chi connectivity index (χ0) is 14.0. The molecule has 3 N–H and O–H groups in total. The highest BCUT2D eigenvalue weighted by Gasteiger charge is 2.29. The molecule has 0 unspecified atom stereocenters. The van der Waals surface area contributed by atoms with Gasteiger partial charge in [-0.2, -0.15) is 26.3 Å². The Bertz CT molecular complexity index is 533. The van der Waals surface area contributed by atoms with Crippen LogP contribution < -0.4 is 9.44 Å². The van der Waals surface area contributed by atoms with Crippen molar-refractivity contribution in [2.75, 3.05) is 11.3 Å². The van der Waals surface area contributed by atoms with Crippen LogP contribution in [0.5, 0.6) is 5.75 Å². The number of phenolic OH excluding ortho intramolecular Hbond substituents is 1. The van der Waals surface area contributed by atoms with E-state index in [4.69, 9.17) is 11.6 Å². The number of para-hydroxylation sites is 1. The van der Waals surface area contributed by atoms with Gasteiger partial charge in [0.05, 0.1) is 10.7 Å². The maximum Gasteiger partial charge on any atom is 0.402 e. The van der Waals surface area contributed by atoms with Crippen molar-refractivity contribution in [3.8, 4) is 5.75 Å². The average molecular weight is 305 g/mol. The van der Waals surface area contributed by atoms with E-state index in [0.29, 0.717) is 0 Å². The standard InChI is InChI=1S/C8H8ClF3N2O3S/c9-5-2-1-3-6(7(5)15)14-18(16,17)13-4-8(10,11)12/h1-3,13-15H,4H2. The highest BCUT2D eigenvalue weighted by atomic mass is 35.5. The van der Waals surface area contributed by atoms with Crippen LogP contribution in [-0.2, 0) is 10.2 Å². The number of alkyl halides is 3. The lowest BCUT2D eigenvalue weighted by Gasteiger charge is -2.12. The van der Waals surface area contributed by atoms with Crippen LogP contribution in [0.25, 0.3) is 0 Å². The van der Waals surface area contributed by atoms with Crippen molar-refractivity contribution >= 4 is 27.5 Å². The van der Waals surface area contributed by atoms with E-state index in [1.807, 2.05) is 0 Å². The minimum Gasteiger partial charge on any atom is -0.504 e. The molecule has 1 rings (SSSR count). The summed E-state index contributed by atoms with van der Waals surface area (Å²) in [4.78, 5) is 0. The summed E-state index contributed by atoms with van der Waals surface area (Å²) in [6, 6.07) is 3.76. The summed E-state index contributed by atoms with van der Waals surface area (Å²) >= 11 is 5.51. The monoisotopic (exact) mass is 304 g/mol. The van der Waals surface area contributed by atoms with Crippen molar-refractivity contribution in [2.24, 2.45) is 0 Å². The van der Waals surface area contributed by atoms with E-state index in [0.717, 1.165) is 6.07 Å². The maximum absolute atomic E-state index is 11.8. The Hall–Kier alpha value is -1.19. The molecule has 0 saturated carbocycles. The molecule has 0 spiro atoms. The topological polar surface area (TPSA) is 78.4 Å². The zero-order valence-corrected chi connectivity index (χ0v) is 10.2. The summed E-state index contributed by atoms with van der Waals surface area (Å²) in [5, 5.41) is 9.25. The Kier molecular flexibility index (Phi) is 4.30. The summed E-state index contributed by atoms with van der Waals surface area (Å²) in [6.07, 6.45) is -4.68. The van der Waals surface area contributed by atoms with E-state index in [1.54, 1.807) is 4.72 Å². The van der Waals surface area contributed by atoms with E-state index in [1.165, 1.54) is 16.9 Å². The average Bonchev–Trinajstić information content (AvgIpc) is 2.21. The maximum atomic E-state index is 11.8. The van der Waals surface area contributed by atoms with E-state index >= 15 is 0 Å². The molecule has 0 atom stereocenters. The molecule has 0 fully saturated rings. The number of aromatic hydroxyl groups is 1. The van der Waals surface area contributed by atoms with E-state index in [2.05, 4.69) is 0 Å². The van der Waals surface area contributed by atoms with Crippen LogP contribution in [0, 0.1) is 0 Å². The molecule has 10 heteroatoms. The van der Waals surface area contributed by atoms with Crippen LogP contribution >= 0.6 is 11.6 Å². The third kappa shape index (κ3) is 4.59. The predicted octanol–water partition coefficient (Wildman–Crippen LogP) is 1.85. The highest BCUT2D eigenvalue weighted by Crippen LogP contribution is 2.31. The second-order valence-electron chi connectivity index (χ2n) is 3.18.